The van der Waals surface area contributed by atoms with Gasteiger partial charge in [0, 0.05) is 5.02 Å². The molecule has 0 saturated carbocycles. The fourth-order valence-electron chi connectivity index (χ4n) is 1.05. The Morgan fingerprint density at radius 2 is 1.88 bits per heavy atom. The predicted octanol–water partition coefficient (Wildman–Crippen LogP) is 4.24. The monoisotopic (exact) mass is 304 g/mol. The Morgan fingerprint density at radius 1 is 1.29 bits per heavy atom. The Labute approximate surface area is 110 Å². The molecule has 0 heterocycles. The second-order valence-corrected chi connectivity index (χ2v) is 4.10. The fourth-order valence-corrected chi connectivity index (χ4v) is 1.58. The second-order valence-electron chi connectivity index (χ2n) is 3.02. The molecule has 0 bridgehead atoms. The first kappa shape index (κ1) is 14.4. The molecular formula is C9H6Cl3F3N2. The lowest BCUT2D eigenvalue weighted by atomic mass is 10.2. The van der Waals surface area contributed by atoms with Crippen molar-refractivity contribution < 1.29 is 13.2 Å². The van der Waals surface area contributed by atoms with E-state index in [2.05, 4.69) is 4.99 Å². The van der Waals surface area contributed by atoms with Crippen LogP contribution in [0.5, 0.6) is 0 Å². The second kappa shape index (κ2) is 5.33. The van der Waals surface area contributed by atoms with E-state index in [4.69, 9.17) is 40.5 Å². The molecule has 0 aliphatic rings. The van der Waals surface area contributed by atoms with Crippen molar-refractivity contribution in [3.05, 3.63) is 27.7 Å². The molecule has 94 valence electrons. The number of hydrogen-bond acceptors (Lipinski definition) is 1. The van der Waals surface area contributed by atoms with E-state index in [1.165, 1.54) is 6.07 Å². The smallest absolute Gasteiger partial charge is 0.386 e. The summed E-state index contributed by atoms with van der Waals surface area (Å²) in [6, 6.07) is 1.90. The van der Waals surface area contributed by atoms with E-state index >= 15 is 0 Å². The Bertz CT molecular complexity index is 458. The Balaban J connectivity index is 3.39. The highest BCUT2D eigenvalue weighted by atomic mass is 35.5. The van der Waals surface area contributed by atoms with Crippen molar-refractivity contribution in [1.29, 1.82) is 0 Å². The molecule has 0 aliphatic carbocycles. The van der Waals surface area contributed by atoms with Gasteiger partial charge in [-0.2, -0.15) is 13.2 Å². The number of hydrogen-bond donors (Lipinski definition) is 1. The molecule has 2 nitrogen and oxygen atoms in total. The van der Waals surface area contributed by atoms with E-state index in [0.717, 1.165) is 6.07 Å². The summed E-state index contributed by atoms with van der Waals surface area (Å²) < 4.78 is 37.7. The van der Waals surface area contributed by atoms with E-state index in [1.807, 2.05) is 0 Å². The molecule has 2 N–H and O–H groups in total. The summed E-state index contributed by atoms with van der Waals surface area (Å²) in [5.74, 6) is -0.173. The number of halogens is 6. The molecule has 0 atom stereocenters. The van der Waals surface area contributed by atoms with Gasteiger partial charge in [-0.3, -0.25) is 0 Å². The van der Waals surface area contributed by atoms with Gasteiger partial charge in [0.1, 0.15) is 5.84 Å². The highest BCUT2D eigenvalue weighted by Crippen LogP contribution is 2.41. The van der Waals surface area contributed by atoms with Gasteiger partial charge in [0.2, 0.25) is 0 Å². The third-order valence-corrected chi connectivity index (χ3v) is 2.61. The van der Waals surface area contributed by atoms with E-state index < -0.39 is 16.8 Å². The van der Waals surface area contributed by atoms with Crippen LogP contribution in [0.25, 0.3) is 0 Å². The van der Waals surface area contributed by atoms with Crippen LogP contribution in [0.15, 0.2) is 17.1 Å². The van der Waals surface area contributed by atoms with Gasteiger partial charge in [-0.05, 0) is 12.1 Å². The normalized spacial score (nSPS) is 12.9. The zero-order valence-electron chi connectivity index (χ0n) is 8.15. The van der Waals surface area contributed by atoms with Crippen LogP contribution in [-0.2, 0) is 6.18 Å². The zero-order chi connectivity index (χ0) is 13.2. The van der Waals surface area contributed by atoms with Crippen molar-refractivity contribution in [2.24, 2.45) is 10.7 Å². The maximum Gasteiger partial charge on any atom is 0.417 e. The Kier molecular flexibility index (Phi) is 4.52. The summed E-state index contributed by atoms with van der Waals surface area (Å²) >= 11 is 16.5. The number of rotatable bonds is 2. The quantitative estimate of drug-likeness (QED) is 0.495. The molecule has 1 aromatic rings. The molecule has 0 aliphatic heterocycles. The van der Waals surface area contributed by atoms with Gasteiger partial charge in [0.05, 0.1) is 22.2 Å². The van der Waals surface area contributed by atoms with Gasteiger partial charge in [0.25, 0.3) is 0 Å². The summed E-state index contributed by atoms with van der Waals surface area (Å²) in [4.78, 5) is 3.66. The number of nitrogens with zero attached hydrogens (tertiary/aromatic N) is 1. The van der Waals surface area contributed by atoms with Crippen molar-refractivity contribution >= 4 is 46.3 Å². The zero-order valence-corrected chi connectivity index (χ0v) is 10.4. The number of aliphatic imine (C=N–C) groups is 1. The van der Waals surface area contributed by atoms with Crippen molar-refractivity contribution in [2.45, 2.75) is 6.18 Å². The molecule has 0 unspecified atom stereocenters. The molecule has 0 aromatic heterocycles. The largest absolute Gasteiger partial charge is 0.417 e. The van der Waals surface area contributed by atoms with Gasteiger partial charge in [-0.25, -0.2) is 4.99 Å². The topological polar surface area (TPSA) is 38.4 Å². The first-order chi connectivity index (χ1) is 7.75. The molecule has 0 amide bonds. The van der Waals surface area contributed by atoms with Crippen molar-refractivity contribution in [3.8, 4) is 0 Å². The minimum atomic E-state index is -4.61. The van der Waals surface area contributed by atoms with Crippen molar-refractivity contribution in [2.75, 3.05) is 5.88 Å². The number of amidine groups is 1. The van der Waals surface area contributed by atoms with E-state index in [1.54, 1.807) is 0 Å². The van der Waals surface area contributed by atoms with Crippen LogP contribution >= 0.6 is 34.8 Å². The predicted molar refractivity (Wildman–Crippen MR) is 63.5 cm³/mol. The summed E-state index contributed by atoms with van der Waals surface area (Å²) in [5.41, 5.74) is 4.09. The SMILES string of the molecule is NC(CCl)=Nc1cc(Cl)cc(C(F)(F)F)c1Cl. The molecule has 0 spiro atoms. The van der Waals surface area contributed by atoms with E-state index in [0.29, 0.717) is 0 Å². The first-order valence-corrected chi connectivity index (χ1v) is 5.50. The van der Waals surface area contributed by atoms with Crippen LogP contribution in [0, 0.1) is 0 Å². The Hall–Kier alpha value is -0.650. The fraction of sp³-hybridized carbons (Fsp3) is 0.222. The maximum atomic E-state index is 12.6. The van der Waals surface area contributed by atoms with Gasteiger partial charge in [0.15, 0.2) is 0 Å². The lowest BCUT2D eigenvalue weighted by molar-refractivity contribution is -0.137. The van der Waals surface area contributed by atoms with Crippen molar-refractivity contribution in [3.63, 3.8) is 0 Å². The third kappa shape index (κ3) is 3.66. The van der Waals surface area contributed by atoms with Crippen LogP contribution in [0.3, 0.4) is 0 Å². The number of alkyl halides is 4. The Morgan fingerprint density at radius 3 is 2.35 bits per heavy atom. The average molecular weight is 306 g/mol. The average Bonchev–Trinajstić information content (AvgIpc) is 2.21. The van der Waals surface area contributed by atoms with Crippen LogP contribution < -0.4 is 5.73 Å². The van der Waals surface area contributed by atoms with E-state index in [9.17, 15) is 13.2 Å². The highest BCUT2D eigenvalue weighted by molar-refractivity contribution is 6.36. The van der Waals surface area contributed by atoms with Crippen molar-refractivity contribution in [1.82, 2.24) is 0 Å². The molecular weight excluding hydrogens is 299 g/mol. The molecule has 0 fully saturated rings. The minimum Gasteiger partial charge on any atom is -0.386 e. The first-order valence-electron chi connectivity index (χ1n) is 4.21. The van der Waals surface area contributed by atoms with Crippen LogP contribution in [0.1, 0.15) is 5.56 Å². The molecule has 0 radical (unpaired) electrons. The lowest BCUT2D eigenvalue weighted by Crippen LogP contribution is -2.12. The van der Waals surface area contributed by atoms with Crippen LogP contribution in [-0.4, -0.2) is 11.7 Å². The number of nitrogens with two attached hydrogens (primary N) is 1. The lowest BCUT2D eigenvalue weighted by Gasteiger charge is -2.11. The van der Waals surface area contributed by atoms with Gasteiger partial charge in [-0.15, -0.1) is 11.6 Å². The maximum absolute atomic E-state index is 12.6. The molecule has 1 rings (SSSR count). The molecule has 0 saturated heterocycles. The summed E-state index contributed by atoms with van der Waals surface area (Å²) in [7, 11) is 0. The van der Waals surface area contributed by atoms with Crippen LogP contribution in [0.2, 0.25) is 10.0 Å². The molecule has 1 aromatic carbocycles. The highest BCUT2D eigenvalue weighted by Gasteiger charge is 2.34. The molecule has 8 heteroatoms. The van der Waals surface area contributed by atoms with E-state index in [-0.39, 0.29) is 22.4 Å². The summed E-state index contributed by atoms with van der Waals surface area (Å²) in [6.45, 7) is 0. The summed E-state index contributed by atoms with van der Waals surface area (Å²) in [6.07, 6.45) is -4.61. The summed E-state index contributed by atoms with van der Waals surface area (Å²) in [5, 5.41) is -0.696. The van der Waals surface area contributed by atoms with Gasteiger partial charge < -0.3 is 5.73 Å². The van der Waals surface area contributed by atoms with Gasteiger partial charge >= 0.3 is 6.18 Å². The van der Waals surface area contributed by atoms with Crippen LogP contribution in [0.4, 0.5) is 18.9 Å². The standard InChI is InChI=1S/C9H6Cl3F3N2/c10-3-7(16)17-6-2-4(11)1-5(8(6)12)9(13,14)15/h1-2H,3H2,(H2,16,17). The number of benzene rings is 1. The molecule has 17 heavy (non-hydrogen) atoms. The van der Waals surface area contributed by atoms with Gasteiger partial charge in [-0.1, -0.05) is 23.2 Å². The minimum absolute atomic E-state index is 0.0519. The third-order valence-electron chi connectivity index (χ3n) is 1.72.